The van der Waals surface area contributed by atoms with E-state index in [9.17, 15) is 5.02 Å². The maximum Gasteiger partial charge on any atom is 0.326 e. The maximum atomic E-state index is 9.35. The van der Waals surface area contributed by atoms with Crippen LogP contribution in [0.5, 0.6) is 0 Å². The molecule has 1 radical (unpaired) electrons. The average Bonchev–Trinajstić information content (AvgIpc) is 2.75. The molecule has 4 aromatic carbocycles. The van der Waals surface area contributed by atoms with E-state index in [1.54, 1.807) is 0 Å². The zero-order chi connectivity index (χ0) is 17.8. The molecule has 0 bridgehead atoms. The summed E-state index contributed by atoms with van der Waals surface area (Å²) >= 11 is 0. The Labute approximate surface area is 154 Å². The standard InChI is InChI=1S/C24H18BO/c26-25-24-13-7-12-20(17-24)23-15-21(18-8-3-1-4-9-18)14-22(16-23)19-10-5-2-6-11-19/h1-17,26H. The molecule has 1 nitrogen and oxygen atoms in total. The first kappa shape index (κ1) is 16.4. The van der Waals surface area contributed by atoms with E-state index in [-0.39, 0.29) is 0 Å². The summed E-state index contributed by atoms with van der Waals surface area (Å²) in [5, 5.41) is 9.35. The van der Waals surface area contributed by atoms with E-state index in [2.05, 4.69) is 72.8 Å². The van der Waals surface area contributed by atoms with Crippen molar-refractivity contribution in [2.24, 2.45) is 0 Å². The molecule has 4 rings (SSSR count). The molecule has 2 heteroatoms. The van der Waals surface area contributed by atoms with Crippen molar-refractivity contribution in [3.8, 4) is 33.4 Å². The Hall–Kier alpha value is -3.10. The highest BCUT2D eigenvalue weighted by Crippen LogP contribution is 2.32. The molecule has 0 spiro atoms. The normalized spacial score (nSPS) is 10.5. The van der Waals surface area contributed by atoms with Crippen LogP contribution in [-0.4, -0.2) is 12.5 Å². The number of hydrogen-bond acceptors (Lipinski definition) is 1. The minimum atomic E-state index is 0.800. The van der Waals surface area contributed by atoms with Crippen molar-refractivity contribution in [2.75, 3.05) is 0 Å². The van der Waals surface area contributed by atoms with Crippen LogP contribution in [0.4, 0.5) is 0 Å². The average molecular weight is 333 g/mol. The molecule has 0 amide bonds. The minimum absolute atomic E-state index is 0.800. The van der Waals surface area contributed by atoms with Crippen molar-refractivity contribution < 1.29 is 5.02 Å². The monoisotopic (exact) mass is 333 g/mol. The summed E-state index contributed by atoms with van der Waals surface area (Å²) in [7, 11) is 1.14. The van der Waals surface area contributed by atoms with E-state index in [1.807, 2.05) is 30.3 Å². The molecule has 0 aliphatic carbocycles. The summed E-state index contributed by atoms with van der Waals surface area (Å²) in [4.78, 5) is 0. The lowest BCUT2D eigenvalue weighted by Crippen LogP contribution is -2.12. The molecular weight excluding hydrogens is 315 g/mol. The third-order valence-corrected chi connectivity index (χ3v) is 4.52. The smallest absolute Gasteiger partial charge is 0.326 e. The van der Waals surface area contributed by atoms with Gasteiger partial charge in [-0.3, -0.25) is 0 Å². The third kappa shape index (κ3) is 3.46. The van der Waals surface area contributed by atoms with E-state index in [1.165, 1.54) is 22.3 Å². The van der Waals surface area contributed by atoms with Crippen LogP contribution in [0.3, 0.4) is 0 Å². The molecule has 0 aromatic heterocycles. The minimum Gasteiger partial charge on any atom is -0.450 e. The Morgan fingerprint density at radius 3 is 1.38 bits per heavy atom. The van der Waals surface area contributed by atoms with Crippen molar-refractivity contribution >= 4 is 12.9 Å². The van der Waals surface area contributed by atoms with Gasteiger partial charge in [0.25, 0.3) is 0 Å². The van der Waals surface area contributed by atoms with Crippen LogP contribution in [0.15, 0.2) is 103 Å². The van der Waals surface area contributed by atoms with Crippen LogP contribution >= 0.6 is 0 Å². The van der Waals surface area contributed by atoms with Crippen LogP contribution in [0.25, 0.3) is 33.4 Å². The highest BCUT2D eigenvalue weighted by atomic mass is 16.2. The molecule has 0 atom stereocenters. The van der Waals surface area contributed by atoms with Gasteiger partial charge in [-0.1, -0.05) is 90.4 Å². The van der Waals surface area contributed by atoms with Gasteiger partial charge in [-0.25, -0.2) is 0 Å². The largest absolute Gasteiger partial charge is 0.450 e. The molecule has 4 aromatic rings. The van der Waals surface area contributed by atoms with Crippen molar-refractivity contribution in [2.45, 2.75) is 0 Å². The van der Waals surface area contributed by atoms with Gasteiger partial charge in [0.15, 0.2) is 0 Å². The highest BCUT2D eigenvalue weighted by Gasteiger charge is 2.08. The number of hydrogen-bond donors (Lipinski definition) is 1. The molecule has 0 unspecified atom stereocenters. The second kappa shape index (κ2) is 7.43. The summed E-state index contributed by atoms with van der Waals surface area (Å²) in [6.07, 6.45) is 0. The zero-order valence-electron chi connectivity index (χ0n) is 14.3. The molecular formula is C24H18BO. The van der Waals surface area contributed by atoms with E-state index in [0.29, 0.717) is 0 Å². The summed E-state index contributed by atoms with van der Waals surface area (Å²) in [6, 6.07) is 35.4. The van der Waals surface area contributed by atoms with Crippen molar-refractivity contribution in [3.05, 3.63) is 103 Å². The van der Waals surface area contributed by atoms with Crippen LogP contribution in [-0.2, 0) is 0 Å². The first-order valence-electron chi connectivity index (χ1n) is 8.67. The molecule has 26 heavy (non-hydrogen) atoms. The van der Waals surface area contributed by atoms with E-state index < -0.39 is 0 Å². The fourth-order valence-electron chi connectivity index (χ4n) is 3.19. The highest BCUT2D eigenvalue weighted by molar-refractivity contribution is 6.45. The Morgan fingerprint density at radius 1 is 0.423 bits per heavy atom. The molecule has 0 heterocycles. The van der Waals surface area contributed by atoms with Crippen LogP contribution < -0.4 is 5.46 Å². The van der Waals surface area contributed by atoms with Gasteiger partial charge in [-0.15, -0.1) is 0 Å². The van der Waals surface area contributed by atoms with E-state index in [4.69, 9.17) is 0 Å². The Bertz CT molecular complexity index is 953. The van der Waals surface area contributed by atoms with Crippen LogP contribution in [0, 0.1) is 0 Å². The van der Waals surface area contributed by atoms with Gasteiger partial charge in [0, 0.05) is 0 Å². The molecule has 1 N–H and O–H groups in total. The summed E-state index contributed by atoms with van der Waals surface area (Å²) < 4.78 is 0. The number of benzene rings is 4. The summed E-state index contributed by atoms with van der Waals surface area (Å²) in [5.74, 6) is 0. The molecule has 0 fully saturated rings. The zero-order valence-corrected chi connectivity index (χ0v) is 14.3. The quantitative estimate of drug-likeness (QED) is 0.525. The van der Waals surface area contributed by atoms with Gasteiger partial charge in [0.05, 0.1) is 0 Å². The van der Waals surface area contributed by atoms with Gasteiger partial charge < -0.3 is 5.02 Å². The Balaban J connectivity index is 1.90. The summed E-state index contributed by atoms with van der Waals surface area (Å²) in [5.41, 5.74) is 7.76. The van der Waals surface area contributed by atoms with Crippen molar-refractivity contribution in [1.29, 1.82) is 0 Å². The Morgan fingerprint density at radius 2 is 0.885 bits per heavy atom. The molecule has 0 aliphatic heterocycles. The van der Waals surface area contributed by atoms with Crippen LogP contribution in [0.2, 0.25) is 0 Å². The van der Waals surface area contributed by atoms with Crippen LogP contribution in [0.1, 0.15) is 0 Å². The molecule has 0 saturated heterocycles. The summed E-state index contributed by atoms with van der Waals surface area (Å²) in [6.45, 7) is 0. The van der Waals surface area contributed by atoms with Gasteiger partial charge in [-0.2, -0.15) is 0 Å². The first-order chi connectivity index (χ1) is 12.8. The molecule has 0 saturated carbocycles. The van der Waals surface area contributed by atoms with Crippen molar-refractivity contribution in [1.82, 2.24) is 0 Å². The lowest BCUT2D eigenvalue weighted by atomic mass is 9.85. The predicted molar refractivity (Wildman–Crippen MR) is 110 cm³/mol. The predicted octanol–water partition coefficient (Wildman–Crippen LogP) is 4.92. The molecule has 0 aliphatic rings. The second-order valence-electron chi connectivity index (χ2n) is 6.29. The fraction of sp³-hybridized carbons (Fsp3) is 0. The maximum absolute atomic E-state index is 9.35. The van der Waals surface area contributed by atoms with Crippen molar-refractivity contribution in [3.63, 3.8) is 0 Å². The lowest BCUT2D eigenvalue weighted by Gasteiger charge is -2.12. The number of rotatable bonds is 4. The Kier molecular flexibility index (Phi) is 4.68. The van der Waals surface area contributed by atoms with E-state index >= 15 is 0 Å². The first-order valence-corrected chi connectivity index (χ1v) is 8.67. The fourth-order valence-corrected chi connectivity index (χ4v) is 3.19. The van der Waals surface area contributed by atoms with Gasteiger partial charge in [0.1, 0.15) is 0 Å². The molecule has 123 valence electrons. The topological polar surface area (TPSA) is 20.2 Å². The second-order valence-corrected chi connectivity index (χ2v) is 6.29. The lowest BCUT2D eigenvalue weighted by molar-refractivity contribution is 0.615. The SMILES string of the molecule is O[B]c1cccc(-c2cc(-c3ccccc3)cc(-c3ccccc3)c2)c1. The van der Waals surface area contributed by atoms with Gasteiger partial charge in [0.2, 0.25) is 0 Å². The van der Waals surface area contributed by atoms with E-state index in [0.717, 1.165) is 24.1 Å². The van der Waals surface area contributed by atoms with Gasteiger partial charge in [-0.05, 0) is 51.6 Å². The van der Waals surface area contributed by atoms with Gasteiger partial charge >= 0.3 is 7.48 Å². The third-order valence-electron chi connectivity index (χ3n) is 4.52.